The number of rotatable bonds is 8. The fourth-order valence-electron chi connectivity index (χ4n) is 3.83. The number of hydrogen-bond acceptors (Lipinski definition) is 4. The van der Waals surface area contributed by atoms with Gasteiger partial charge < -0.3 is 20.7 Å². The Bertz CT molecular complexity index is 915. The molecule has 0 aliphatic heterocycles. The zero-order valence-corrected chi connectivity index (χ0v) is 20.1. The molecule has 1 aliphatic carbocycles. The molecule has 0 saturated heterocycles. The van der Waals surface area contributed by atoms with Crippen molar-refractivity contribution in [3.8, 4) is 0 Å². The molecule has 1 atom stereocenters. The van der Waals surface area contributed by atoms with Gasteiger partial charge in [-0.15, -0.1) is 0 Å². The Morgan fingerprint density at radius 3 is 2.39 bits per heavy atom. The van der Waals surface area contributed by atoms with Crippen LogP contribution in [0.3, 0.4) is 0 Å². The Kier molecular flexibility index (Phi) is 11.1. The third-order valence-electron chi connectivity index (χ3n) is 5.76. The lowest BCUT2D eigenvalue weighted by atomic mass is 9.88. The molecule has 2 aromatic rings. The predicted octanol–water partition coefficient (Wildman–Crippen LogP) is 3.67. The number of carbonyl (C=O) groups is 2. The molecule has 4 N–H and O–H groups in total. The van der Waals surface area contributed by atoms with Crippen LogP contribution in [0.25, 0.3) is 0 Å². The second kappa shape index (κ2) is 13.8. The molecule has 0 bridgehead atoms. The molecule has 0 fully saturated rings. The molecule has 0 saturated carbocycles. The molecule has 178 valence electrons. The van der Waals surface area contributed by atoms with Crippen molar-refractivity contribution in [2.24, 2.45) is 0 Å². The monoisotopic (exact) mass is 452 g/mol. The molecule has 2 amide bonds. The third kappa shape index (κ3) is 8.67. The normalized spacial score (nSPS) is 13.1. The summed E-state index contributed by atoms with van der Waals surface area (Å²) < 4.78 is 0. The molecule has 33 heavy (non-hydrogen) atoms. The standard InChI is InChI=1S/C22H27BN2O4.C4H10/c1-15-6-4-9-17(12-15)20(13-21(26)24-14-23(28)29)25-22(27)19-11-5-8-16-7-2-3-10-18(16)19;1-3-4-2/h4-6,8-9,11-12,20,28-29H,2-3,7,10,13-14H2,1H3,(H,24,26)(H,25,27);3-4H2,1-2H3. The van der Waals surface area contributed by atoms with Gasteiger partial charge >= 0.3 is 7.12 Å². The van der Waals surface area contributed by atoms with Gasteiger partial charge in [0.05, 0.1) is 18.9 Å². The molecule has 1 unspecified atom stereocenters. The first-order valence-corrected chi connectivity index (χ1v) is 12.0. The van der Waals surface area contributed by atoms with E-state index in [9.17, 15) is 9.59 Å². The van der Waals surface area contributed by atoms with Crippen molar-refractivity contribution in [1.82, 2.24) is 10.6 Å². The highest BCUT2D eigenvalue weighted by atomic mass is 16.4. The van der Waals surface area contributed by atoms with Crippen LogP contribution in [0.2, 0.25) is 0 Å². The van der Waals surface area contributed by atoms with E-state index in [1.807, 2.05) is 43.3 Å². The molecule has 6 nitrogen and oxygen atoms in total. The van der Waals surface area contributed by atoms with Crippen molar-refractivity contribution >= 4 is 18.9 Å². The molecule has 0 heterocycles. The Hall–Kier alpha value is -2.64. The highest BCUT2D eigenvalue weighted by molar-refractivity contribution is 6.41. The van der Waals surface area contributed by atoms with E-state index in [1.165, 1.54) is 18.4 Å². The van der Waals surface area contributed by atoms with E-state index in [-0.39, 0.29) is 24.7 Å². The predicted molar refractivity (Wildman–Crippen MR) is 133 cm³/mol. The number of nitrogens with one attached hydrogen (secondary N) is 2. The van der Waals surface area contributed by atoms with Gasteiger partial charge in [0, 0.05) is 5.56 Å². The zero-order chi connectivity index (χ0) is 24.2. The highest BCUT2D eigenvalue weighted by Gasteiger charge is 2.23. The van der Waals surface area contributed by atoms with E-state index in [0.29, 0.717) is 5.56 Å². The number of benzene rings is 2. The van der Waals surface area contributed by atoms with Gasteiger partial charge in [-0.3, -0.25) is 9.59 Å². The molecular formula is C26H37BN2O4. The van der Waals surface area contributed by atoms with Crippen molar-refractivity contribution in [3.63, 3.8) is 0 Å². The van der Waals surface area contributed by atoms with Crippen LogP contribution in [0.4, 0.5) is 0 Å². The van der Waals surface area contributed by atoms with Crippen LogP contribution in [0, 0.1) is 6.92 Å². The van der Waals surface area contributed by atoms with Crippen LogP contribution < -0.4 is 10.6 Å². The lowest BCUT2D eigenvalue weighted by Gasteiger charge is -2.23. The SMILES string of the molecule is CCCC.Cc1cccc(C(CC(=O)NCB(O)O)NC(=O)c2cccc3c2CCCC3)c1. The summed E-state index contributed by atoms with van der Waals surface area (Å²) in [7, 11) is -1.61. The van der Waals surface area contributed by atoms with Gasteiger partial charge in [0.15, 0.2) is 0 Å². The Labute approximate surface area is 198 Å². The highest BCUT2D eigenvalue weighted by Crippen LogP contribution is 2.26. The maximum absolute atomic E-state index is 13.1. The van der Waals surface area contributed by atoms with Gasteiger partial charge in [-0.25, -0.2) is 0 Å². The lowest BCUT2D eigenvalue weighted by molar-refractivity contribution is -0.121. The van der Waals surface area contributed by atoms with Gasteiger partial charge in [0.1, 0.15) is 0 Å². The van der Waals surface area contributed by atoms with Crippen LogP contribution >= 0.6 is 0 Å². The van der Waals surface area contributed by atoms with Gasteiger partial charge in [0.25, 0.3) is 5.91 Å². The minimum atomic E-state index is -1.61. The summed E-state index contributed by atoms with van der Waals surface area (Å²) >= 11 is 0. The maximum Gasteiger partial charge on any atom is 0.472 e. The average molecular weight is 452 g/mol. The Balaban J connectivity index is 0.000000890. The lowest BCUT2D eigenvalue weighted by Crippen LogP contribution is -2.38. The molecule has 1 aliphatic rings. The molecule has 3 rings (SSSR count). The number of unbranched alkanes of at least 4 members (excludes halogenated alkanes) is 1. The Morgan fingerprint density at radius 1 is 1.03 bits per heavy atom. The van der Waals surface area contributed by atoms with Crippen LogP contribution in [-0.4, -0.2) is 35.4 Å². The summed E-state index contributed by atoms with van der Waals surface area (Å²) in [5.41, 5.74) is 4.87. The van der Waals surface area contributed by atoms with Crippen LogP contribution in [0.1, 0.15) is 84.6 Å². The van der Waals surface area contributed by atoms with Gasteiger partial charge in [0.2, 0.25) is 5.91 Å². The molecule has 7 heteroatoms. The second-order valence-corrected chi connectivity index (χ2v) is 8.58. The quantitative estimate of drug-likeness (QED) is 0.460. The number of fused-ring (bicyclic) bond motifs is 1. The first-order chi connectivity index (χ1) is 15.8. The van der Waals surface area contributed by atoms with E-state index in [4.69, 9.17) is 10.0 Å². The van der Waals surface area contributed by atoms with Crippen LogP contribution in [-0.2, 0) is 17.6 Å². The second-order valence-electron chi connectivity index (χ2n) is 8.58. The zero-order valence-electron chi connectivity index (χ0n) is 20.1. The van der Waals surface area contributed by atoms with E-state index >= 15 is 0 Å². The minimum Gasteiger partial charge on any atom is -0.426 e. The van der Waals surface area contributed by atoms with Gasteiger partial charge in [-0.2, -0.15) is 0 Å². The summed E-state index contributed by atoms with van der Waals surface area (Å²) in [5.74, 6) is -0.551. The molecule has 2 aromatic carbocycles. The topological polar surface area (TPSA) is 98.7 Å². The first-order valence-electron chi connectivity index (χ1n) is 12.0. The van der Waals surface area contributed by atoms with E-state index < -0.39 is 13.2 Å². The molecule has 0 radical (unpaired) electrons. The Morgan fingerprint density at radius 2 is 1.73 bits per heavy atom. The van der Waals surface area contributed by atoms with Crippen molar-refractivity contribution in [2.75, 3.05) is 6.44 Å². The first kappa shape index (κ1) is 26.6. The number of amides is 2. The van der Waals surface area contributed by atoms with E-state index in [0.717, 1.165) is 42.4 Å². The fraction of sp³-hybridized carbons (Fsp3) is 0.462. The number of aryl methyl sites for hydroxylation is 2. The summed E-state index contributed by atoms with van der Waals surface area (Å²) in [5, 5.41) is 23.4. The average Bonchev–Trinajstić information content (AvgIpc) is 2.82. The smallest absolute Gasteiger partial charge is 0.426 e. The summed E-state index contributed by atoms with van der Waals surface area (Å²) in [6.07, 6.45) is 6.49. The molecule has 0 aromatic heterocycles. The van der Waals surface area contributed by atoms with Crippen molar-refractivity contribution in [3.05, 3.63) is 70.3 Å². The number of carbonyl (C=O) groups excluding carboxylic acids is 2. The third-order valence-corrected chi connectivity index (χ3v) is 5.76. The van der Waals surface area contributed by atoms with Gasteiger partial charge in [-0.1, -0.05) is 68.7 Å². The van der Waals surface area contributed by atoms with Gasteiger partial charge in [-0.05, 0) is 55.4 Å². The largest absolute Gasteiger partial charge is 0.472 e. The molecular weight excluding hydrogens is 415 g/mol. The van der Waals surface area contributed by atoms with Crippen molar-refractivity contribution in [2.45, 2.75) is 71.8 Å². The summed E-state index contributed by atoms with van der Waals surface area (Å²) in [4.78, 5) is 25.4. The van der Waals surface area contributed by atoms with Crippen LogP contribution in [0.15, 0.2) is 42.5 Å². The summed E-state index contributed by atoms with van der Waals surface area (Å²) in [6.45, 7) is 6.32. The number of hydrogen-bond donors (Lipinski definition) is 4. The molecule has 0 spiro atoms. The fourth-order valence-corrected chi connectivity index (χ4v) is 3.83. The summed E-state index contributed by atoms with van der Waals surface area (Å²) in [6, 6.07) is 13.0. The minimum absolute atomic E-state index is 0.0109. The van der Waals surface area contributed by atoms with Crippen molar-refractivity contribution in [1.29, 1.82) is 0 Å². The maximum atomic E-state index is 13.1. The van der Waals surface area contributed by atoms with E-state index in [1.54, 1.807) is 0 Å². The van der Waals surface area contributed by atoms with E-state index in [2.05, 4.69) is 30.5 Å². The van der Waals surface area contributed by atoms with Crippen LogP contribution in [0.5, 0.6) is 0 Å². The van der Waals surface area contributed by atoms with Crippen molar-refractivity contribution < 1.29 is 19.6 Å².